The highest BCUT2D eigenvalue weighted by atomic mass is 79.9. The molecule has 128 valence electrons. The van der Waals surface area contributed by atoms with Crippen molar-refractivity contribution in [2.24, 2.45) is 0 Å². The molecule has 0 fully saturated rings. The van der Waals surface area contributed by atoms with E-state index in [0.29, 0.717) is 16.3 Å². The standard InChI is InChI=1S/C20H13BrClN3O/c21-14-5-3-4-13(10-14)20(26)25-18-11-12(8-9-15(18)22)19-23-16-6-1-2-7-17(16)24-19/h1-11H,(H,23,24)(H,25,26). The van der Waals surface area contributed by atoms with E-state index in [-0.39, 0.29) is 5.91 Å². The predicted octanol–water partition coefficient (Wildman–Crippen LogP) is 5.90. The van der Waals surface area contributed by atoms with Crippen molar-refractivity contribution in [2.45, 2.75) is 0 Å². The molecule has 26 heavy (non-hydrogen) atoms. The molecule has 1 heterocycles. The van der Waals surface area contributed by atoms with Crippen LogP contribution in [0.15, 0.2) is 71.2 Å². The Hall–Kier alpha value is -2.63. The fourth-order valence-corrected chi connectivity index (χ4v) is 3.25. The molecule has 0 aliphatic carbocycles. The van der Waals surface area contributed by atoms with Crippen molar-refractivity contribution in [1.29, 1.82) is 0 Å². The zero-order chi connectivity index (χ0) is 18.1. The van der Waals surface area contributed by atoms with Crippen LogP contribution in [0.25, 0.3) is 22.4 Å². The third kappa shape index (κ3) is 3.36. The van der Waals surface area contributed by atoms with Gasteiger partial charge >= 0.3 is 0 Å². The van der Waals surface area contributed by atoms with Crippen molar-refractivity contribution >= 4 is 50.2 Å². The van der Waals surface area contributed by atoms with Gasteiger partial charge in [-0.25, -0.2) is 4.98 Å². The van der Waals surface area contributed by atoms with Crippen LogP contribution in [0.5, 0.6) is 0 Å². The molecule has 1 amide bonds. The maximum absolute atomic E-state index is 12.5. The van der Waals surface area contributed by atoms with Crippen LogP contribution >= 0.6 is 27.5 Å². The van der Waals surface area contributed by atoms with Gasteiger partial charge in [0.25, 0.3) is 5.91 Å². The van der Waals surface area contributed by atoms with Crippen LogP contribution in [0.3, 0.4) is 0 Å². The minimum Gasteiger partial charge on any atom is -0.338 e. The summed E-state index contributed by atoms with van der Waals surface area (Å²) in [6, 6.07) is 20.4. The number of nitrogens with one attached hydrogen (secondary N) is 2. The second kappa shape index (κ2) is 6.94. The molecule has 0 bridgehead atoms. The van der Waals surface area contributed by atoms with Gasteiger partial charge in [-0.15, -0.1) is 0 Å². The van der Waals surface area contributed by atoms with E-state index in [9.17, 15) is 4.79 Å². The third-order valence-corrected chi connectivity index (χ3v) is 4.79. The summed E-state index contributed by atoms with van der Waals surface area (Å²) in [7, 11) is 0. The van der Waals surface area contributed by atoms with E-state index in [1.165, 1.54) is 0 Å². The minimum absolute atomic E-state index is 0.227. The number of halogens is 2. The molecular weight excluding hydrogens is 414 g/mol. The number of anilines is 1. The lowest BCUT2D eigenvalue weighted by Crippen LogP contribution is -2.12. The molecule has 0 radical (unpaired) electrons. The Kier molecular flexibility index (Phi) is 4.49. The zero-order valence-corrected chi connectivity index (χ0v) is 15.8. The van der Waals surface area contributed by atoms with E-state index in [1.54, 1.807) is 18.2 Å². The monoisotopic (exact) mass is 425 g/mol. The summed E-state index contributed by atoms with van der Waals surface area (Å²) in [4.78, 5) is 20.4. The molecular formula is C20H13BrClN3O. The molecule has 4 rings (SSSR count). The number of benzene rings is 3. The lowest BCUT2D eigenvalue weighted by atomic mass is 10.1. The summed E-state index contributed by atoms with van der Waals surface area (Å²) >= 11 is 9.64. The average molecular weight is 427 g/mol. The molecule has 1 aromatic heterocycles. The quantitative estimate of drug-likeness (QED) is 0.428. The van der Waals surface area contributed by atoms with Gasteiger partial charge in [-0.3, -0.25) is 4.79 Å². The number of aromatic amines is 1. The van der Waals surface area contributed by atoms with Gasteiger partial charge in [-0.05, 0) is 48.5 Å². The Morgan fingerprint density at radius 3 is 2.69 bits per heavy atom. The number of amides is 1. The zero-order valence-electron chi connectivity index (χ0n) is 13.5. The van der Waals surface area contributed by atoms with Gasteiger partial charge in [-0.1, -0.05) is 45.7 Å². The molecule has 0 aliphatic rings. The van der Waals surface area contributed by atoms with Crippen LogP contribution < -0.4 is 5.32 Å². The molecule has 6 heteroatoms. The van der Waals surface area contributed by atoms with E-state index >= 15 is 0 Å². The van der Waals surface area contributed by atoms with Crippen LogP contribution in [-0.2, 0) is 0 Å². The highest BCUT2D eigenvalue weighted by molar-refractivity contribution is 9.10. The van der Waals surface area contributed by atoms with Gasteiger partial charge in [-0.2, -0.15) is 0 Å². The number of carbonyl (C=O) groups is 1. The number of fused-ring (bicyclic) bond motifs is 1. The number of carbonyl (C=O) groups excluding carboxylic acids is 1. The first-order valence-electron chi connectivity index (χ1n) is 7.92. The van der Waals surface area contributed by atoms with E-state index in [1.807, 2.05) is 48.5 Å². The summed E-state index contributed by atoms with van der Waals surface area (Å²) in [6.07, 6.45) is 0. The summed E-state index contributed by atoms with van der Waals surface area (Å²) in [5.41, 5.74) is 3.77. The Balaban J connectivity index is 1.67. The summed E-state index contributed by atoms with van der Waals surface area (Å²) in [6.45, 7) is 0. The van der Waals surface area contributed by atoms with Crippen molar-refractivity contribution in [3.63, 3.8) is 0 Å². The molecule has 4 nitrogen and oxygen atoms in total. The maximum Gasteiger partial charge on any atom is 0.255 e. The van der Waals surface area contributed by atoms with E-state index < -0.39 is 0 Å². The van der Waals surface area contributed by atoms with Crippen molar-refractivity contribution in [1.82, 2.24) is 9.97 Å². The van der Waals surface area contributed by atoms with Gasteiger partial charge < -0.3 is 10.3 Å². The van der Waals surface area contributed by atoms with Crippen molar-refractivity contribution in [2.75, 3.05) is 5.32 Å². The Labute approximate surface area is 163 Å². The first kappa shape index (κ1) is 16.8. The molecule has 0 atom stereocenters. The largest absolute Gasteiger partial charge is 0.338 e. The Morgan fingerprint density at radius 1 is 1.04 bits per heavy atom. The third-order valence-electron chi connectivity index (χ3n) is 3.96. The lowest BCUT2D eigenvalue weighted by Gasteiger charge is -2.09. The molecule has 3 aromatic carbocycles. The predicted molar refractivity (Wildman–Crippen MR) is 109 cm³/mol. The van der Waals surface area contributed by atoms with Crippen molar-refractivity contribution < 1.29 is 4.79 Å². The molecule has 0 aliphatic heterocycles. The maximum atomic E-state index is 12.5. The van der Waals surface area contributed by atoms with Crippen molar-refractivity contribution in [3.8, 4) is 11.4 Å². The normalized spacial score (nSPS) is 10.8. The number of imidazole rings is 1. The number of rotatable bonds is 3. The molecule has 0 unspecified atom stereocenters. The van der Waals surface area contributed by atoms with Crippen LogP contribution in [0.4, 0.5) is 5.69 Å². The number of hydrogen-bond acceptors (Lipinski definition) is 2. The fourth-order valence-electron chi connectivity index (χ4n) is 2.68. The highest BCUT2D eigenvalue weighted by Gasteiger charge is 2.12. The van der Waals surface area contributed by atoms with Gasteiger partial charge in [0.15, 0.2) is 0 Å². The number of para-hydroxylation sites is 2. The summed E-state index contributed by atoms with van der Waals surface area (Å²) in [5, 5.41) is 3.33. The number of H-pyrrole nitrogens is 1. The topological polar surface area (TPSA) is 57.8 Å². The van der Waals surface area contributed by atoms with Gasteiger partial charge in [0, 0.05) is 15.6 Å². The number of hydrogen-bond donors (Lipinski definition) is 2. The van der Waals surface area contributed by atoms with Crippen LogP contribution in [0.2, 0.25) is 5.02 Å². The fraction of sp³-hybridized carbons (Fsp3) is 0. The molecule has 0 saturated carbocycles. The Bertz CT molecular complexity index is 1090. The first-order chi connectivity index (χ1) is 12.6. The van der Waals surface area contributed by atoms with Crippen molar-refractivity contribution in [3.05, 3.63) is 81.8 Å². The number of aromatic nitrogens is 2. The van der Waals surface area contributed by atoms with Crippen LogP contribution in [0.1, 0.15) is 10.4 Å². The van der Waals surface area contributed by atoms with Gasteiger partial charge in [0.1, 0.15) is 5.82 Å². The Morgan fingerprint density at radius 2 is 1.88 bits per heavy atom. The van der Waals surface area contributed by atoms with Gasteiger partial charge in [0.2, 0.25) is 0 Å². The summed E-state index contributed by atoms with van der Waals surface area (Å²) < 4.78 is 0.840. The van der Waals surface area contributed by atoms with E-state index in [2.05, 4.69) is 31.2 Å². The minimum atomic E-state index is -0.227. The first-order valence-corrected chi connectivity index (χ1v) is 9.09. The molecule has 0 spiro atoms. The number of nitrogens with zero attached hydrogens (tertiary/aromatic N) is 1. The average Bonchev–Trinajstić information content (AvgIpc) is 3.07. The second-order valence-corrected chi connectivity index (χ2v) is 7.08. The smallest absolute Gasteiger partial charge is 0.255 e. The SMILES string of the molecule is O=C(Nc1cc(-c2nc3ccccc3[nH]2)ccc1Cl)c1cccc(Br)c1. The van der Waals surface area contributed by atoms with Crippen LogP contribution in [0, 0.1) is 0 Å². The summed E-state index contributed by atoms with van der Waals surface area (Å²) in [5.74, 6) is 0.496. The molecule has 2 N–H and O–H groups in total. The highest BCUT2D eigenvalue weighted by Crippen LogP contribution is 2.29. The molecule has 0 saturated heterocycles. The van der Waals surface area contributed by atoms with E-state index in [4.69, 9.17) is 11.6 Å². The van der Waals surface area contributed by atoms with Crippen LogP contribution in [-0.4, -0.2) is 15.9 Å². The second-order valence-electron chi connectivity index (χ2n) is 5.76. The van der Waals surface area contributed by atoms with E-state index in [0.717, 1.165) is 26.9 Å². The molecule has 4 aromatic rings. The lowest BCUT2D eigenvalue weighted by molar-refractivity contribution is 0.102. The van der Waals surface area contributed by atoms with Gasteiger partial charge in [0.05, 0.1) is 21.7 Å².